The standard InChI is InChI=1S/C12H22N2O3S/c1-2-4-13-5-7-14(8-6-13)12(15)11-3-9-18(16,17)10-11/h11H,2-10H2,1H3/t11-/m1/s1. The van der Waals surface area contributed by atoms with Crippen molar-refractivity contribution in [1.82, 2.24) is 9.80 Å². The first-order valence-electron chi connectivity index (χ1n) is 6.73. The van der Waals surface area contributed by atoms with Crippen LogP contribution >= 0.6 is 0 Å². The van der Waals surface area contributed by atoms with E-state index in [0.717, 1.165) is 39.1 Å². The second-order valence-electron chi connectivity index (χ2n) is 5.27. The van der Waals surface area contributed by atoms with E-state index in [1.54, 1.807) is 0 Å². The molecule has 2 heterocycles. The number of piperazine rings is 1. The smallest absolute Gasteiger partial charge is 0.226 e. The van der Waals surface area contributed by atoms with Gasteiger partial charge in [0.25, 0.3) is 0 Å². The first-order valence-corrected chi connectivity index (χ1v) is 8.55. The summed E-state index contributed by atoms with van der Waals surface area (Å²) in [5.41, 5.74) is 0. The van der Waals surface area contributed by atoms with Crippen LogP contribution in [0.4, 0.5) is 0 Å². The Morgan fingerprint density at radius 1 is 1.22 bits per heavy atom. The fraction of sp³-hybridized carbons (Fsp3) is 0.917. The topological polar surface area (TPSA) is 57.7 Å². The summed E-state index contributed by atoms with van der Waals surface area (Å²) in [7, 11) is -2.96. The molecule has 104 valence electrons. The van der Waals surface area contributed by atoms with Gasteiger partial charge in [-0.2, -0.15) is 0 Å². The molecule has 0 unspecified atom stereocenters. The van der Waals surface area contributed by atoms with Crippen molar-refractivity contribution in [1.29, 1.82) is 0 Å². The van der Waals surface area contributed by atoms with Gasteiger partial charge in [-0.05, 0) is 19.4 Å². The van der Waals surface area contributed by atoms with Crippen LogP contribution in [-0.2, 0) is 14.6 Å². The van der Waals surface area contributed by atoms with Gasteiger partial charge in [0, 0.05) is 26.2 Å². The molecule has 0 saturated carbocycles. The van der Waals surface area contributed by atoms with E-state index < -0.39 is 9.84 Å². The molecule has 0 spiro atoms. The summed E-state index contributed by atoms with van der Waals surface area (Å²) in [5.74, 6) is 0.000165. The molecule has 1 atom stereocenters. The monoisotopic (exact) mass is 274 g/mol. The Morgan fingerprint density at radius 2 is 1.89 bits per heavy atom. The second-order valence-corrected chi connectivity index (χ2v) is 7.50. The van der Waals surface area contributed by atoms with E-state index in [9.17, 15) is 13.2 Å². The van der Waals surface area contributed by atoms with Crippen molar-refractivity contribution in [2.45, 2.75) is 19.8 Å². The summed E-state index contributed by atoms with van der Waals surface area (Å²) in [6.45, 7) is 6.56. The van der Waals surface area contributed by atoms with Crippen LogP contribution in [0.3, 0.4) is 0 Å². The lowest BCUT2D eigenvalue weighted by molar-refractivity contribution is -0.136. The highest BCUT2D eigenvalue weighted by Crippen LogP contribution is 2.21. The molecule has 0 aromatic rings. The minimum Gasteiger partial charge on any atom is -0.340 e. The highest BCUT2D eigenvalue weighted by molar-refractivity contribution is 7.91. The van der Waals surface area contributed by atoms with Gasteiger partial charge in [-0.3, -0.25) is 9.69 Å². The highest BCUT2D eigenvalue weighted by atomic mass is 32.2. The van der Waals surface area contributed by atoms with Crippen LogP contribution in [0.2, 0.25) is 0 Å². The van der Waals surface area contributed by atoms with Gasteiger partial charge in [-0.15, -0.1) is 0 Å². The van der Waals surface area contributed by atoms with Crippen LogP contribution in [0.1, 0.15) is 19.8 Å². The van der Waals surface area contributed by atoms with E-state index in [-0.39, 0.29) is 23.3 Å². The zero-order valence-corrected chi connectivity index (χ0v) is 11.8. The summed E-state index contributed by atoms with van der Waals surface area (Å²) in [5, 5.41) is 0. The maximum Gasteiger partial charge on any atom is 0.226 e. The summed E-state index contributed by atoms with van der Waals surface area (Å²) in [6.07, 6.45) is 1.64. The molecule has 1 amide bonds. The molecule has 5 nitrogen and oxygen atoms in total. The molecule has 2 aliphatic rings. The van der Waals surface area contributed by atoms with Crippen LogP contribution in [0, 0.1) is 5.92 Å². The minimum absolute atomic E-state index is 0.0484. The number of nitrogens with zero attached hydrogens (tertiary/aromatic N) is 2. The van der Waals surface area contributed by atoms with Crippen molar-refractivity contribution in [2.75, 3.05) is 44.2 Å². The predicted octanol–water partition coefficient (Wildman–Crippen LogP) is -0.0247. The molecule has 2 saturated heterocycles. The molecule has 2 rings (SSSR count). The Hall–Kier alpha value is -0.620. The summed E-state index contributed by atoms with van der Waals surface area (Å²) >= 11 is 0. The summed E-state index contributed by atoms with van der Waals surface area (Å²) in [4.78, 5) is 16.4. The Labute approximate surface area is 109 Å². The first kappa shape index (κ1) is 13.8. The zero-order chi connectivity index (χ0) is 13.2. The average molecular weight is 274 g/mol. The van der Waals surface area contributed by atoms with Gasteiger partial charge in [0.1, 0.15) is 0 Å². The Bertz CT molecular complexity index is 400. The number of hydrogen-bond donors (Lipinski definition) is 0. The van der Waals surface area contributed by atoms with Crippen LogP contribution in [0.25, 0.3) is 0 Å². The highest BCUT2D eigenvalue weighted by Gasteiger charge is 2.36. The van der Waals surface area contributed by atoms with Gasteiger partial charge >= 0.3 is 0 Å². The molecule has 0 N–H and O–H groups in total. The number of carbonyl (C=O) groups excluding carboxylic acids is 1. The molecule has 0 bridgehead atoms. The number of amides is 1. The molecule has 2 aliphatic heterocycles. The van der Waals surface area contributed by atoms with Crippen LogP contribution in [0.5, 0.6) is 0 Å². The lowest BCUT2D eigenvalue weighted by Gasteiger charge is -2.35. The SMILES string of the molecule is CCCN1CCN(C(=O)[C@@H]2CCS(=O)(=O)C2)CC1. The molecule has 2 fully saturated rings. The number of hydrogen-bond acceptors (Lipinski definition) is 4. The third-order valence-electron chi connectivity index (χ3n) is 3.81. The lowest BCUT2D eigenvalue weighted by atomic mass is 10.1. The largest absolute Gasteiger partial charge is 0.340 e. The molecular formula is C12H22N2O3S. The van der Waals surface area contributed by atoms with Crippen LogP contribution in [0.15, 0.2) is 0 Å². The molecule has 0 aliphatic carbocycles. The average Bonchev–Trinajstić information content (AvgIpc) is 2.70. The number of carbonyl (C=O) groups is 1. The van der Waals surface area contributed by atoms with Crippen molar-refractivity contribution in [3.8, 4) is 0 Å². The maximum absolute atomic E-state index is 12.2. The van der Waals surface area contributed by atoms with Gasteiger partial charge < -0.3 is 4.90 Å². The normalized spacial score (nSPS) is 28.5. The molecule has 0 aromatic carbocycles. The second kappa shape index (κ2) is 5.57. The number of rotatable bonds is 3. The zero-order valence-electron chi connectivity index (χ0n) is 11.0. The van der Waals surface area contributed by atoms with Crippen LogP contribution in [-0.4, -0.2) is 68.4 Å². The fourth-order valence-electron chi connectivity index (χ4n) is 2.76. The molecule has 0 radical (unpaired) electrons. The third-order valence-corrected chi connectivity index (χ3v) is 5.57. The van der Waals surface area contributed by atoms with Gasteiger partial charge in [-0.1, -0.05) is 6.92 Å². The minimum atomic E-state index is -2.96. The molecule has 0 aromatic heterocycles. The quantitative estimate of drug-likeness (QED) is 0.725. The van der Waals surface area contributed by atoms with Gasteiger partial charge in [-0.25, -0.2) is 8.42 Å². The fourth-order valence-corrected chi connectivity index (χ4v) is 4.49. The van der Waals surface area contributed by atoms with Crippen molar-refractivity contribution < 1.29 is 13.2 Å². The van der Waals surface area contributed by atoms with Crippen molar-refractivity contribution in [2.24, 2.45) is 5.92 Å². The van der Waals surface area contributed by atoms with Crippen molar-refractivity contribution in [3.63, 3.8) is 0 Å². The Kier molecular flexibility index (Phi) is 4.27. The van der Waals surface area contributed by atoms with E-state index in [1.807, 2.05) is 4.90 Å². The van der Waals surface area contributed by atoms with E-state index in [0.29, 0.717) is 6.42 Å². The van der Waals surface area contributed by atoms with Crippen LogP contribution < -0.4 is 0 Å². The first-order chi connectivity index (χ1) is 8.52. The Morgan fingerprint density at radius 3 is 2.39 bits per heavy atom. The number of sulfone groups is 1. The summed E-state index contributed by atoms with van der Waals surface area (Å²) in [6, 6.07) is 0. The molecule has 6 heteroatoms. The van der Waals surface area contributed by atoms with Crippen molar-refractivity contribution in [3.05, 3.63) is 0 Å². The predicted molar refractivity (Wildman–Crippen MR) is 70.1 cm³/mol. The third kappa shape index (κ3) is 3.23. The molecular weight excluding hydrogens is 252 g/mol. The lowest BCUT2D eigenvalue weighted by Crippen LogP contribution is -2.50. The van der Waals surface area contributed by atoms with Crippen molar-refractivity contribution >= 4 is 15.7 Å². The van der Waals surface area contributed by atoms with Gasteiger partial charge in [0.05, 0.1) is 17.4 Å². The van der Waals surface area contributed by atoms with E-state index in [4.69, 9.17) is 0 Å². The maximum atomic E-state index is 12.2. The van der Waals surface area contributed by atoms with E-state index >= 15 is 0 Å². The van der Waals surface area contributed by atoms with E-state index in [1.165, 1.54) is 0 Å². The summed E-state index contributed by atoms with van der Waals surface area (Å²) < 4.78 is 22.8. The molecule has 18 heavy (non-hydrogen) atoms. The van der Waals surface area contributed by atoms with E-state index in [2.05, 4.69) is 11.8 Å². The Balaban J connectivity index is 1.85. The van der Waals surface area contributed by atoms with Gasteiger partial charge in [0.2, 0.25) is 5.91 Å². The van der Waals surface area contributed by atoms with Gasteiger partial charge in [0.15, 0.2) is 9.84 Å².